The van der Waals surface area contributed by atoms with E-state index in [1.807, 2.05) is 45.0 Å². The number of hydrogen-bond acceptors (Lipinski definition) is 1. The Morgan fingerprint density at radius 2 is 1.94 bits per heavy atom. The van der Waals surface area contributed by atoms with Gasteiger partial charge in [-0.1, -0.05) is 18.2 Å². The van der Waals surface area contributed by atoms with E-state index in [-0.39, 0.29) is 5.91 Å². The van der Waals surface area contributed by atoms with E-state index in [2.05, 4.69) is 5.73 Å². The molecule has 0 radical (unpaired) electrons. The summed E-state index contributed by atoms with van der Waals surface area (Å²) in [6.07, 6.45) is 1.67. The fourth-order valence-corrected chi connectivity index (χ4v) is 1.29. The van der Waals surface area contributed by atoms with Crippen molar-refractivity contribution in [2.75, 3.05) is 7.05 Å². The minimum absolute atomic E-state index is 0.00755. The van der Waals surface area contributed by atoms with Gasteiger partial charge in [-0.15, -0.1) is 5.73 Å². The number of carbonyl (C=O) groups is 1. The summed E-state index contributed by atoms with van der Waals surface area (Å²) in [7, 11) is 1.74. The molecule has 0 aliphatic heterocycles. The van der Waals surface area contributed by atoms with E-state index < -0.39 is 0 Å². The molecule has 0 aromatic heterocycles. The number of amides is 1. The molecular weight excluding hydrogens is 198 g/mol. The van der Waals surface area contributed by atoms with Crippen molar-refractivity contribution in [1.82, 2.24) is 4.90 Å². The first-order chi connectivity index (χ1) is 7.52. The third-order valence-corrected chi connectivity index (χ3v) is 2.24. The maximum absolute atomic E-state index is 12.0. The molecule has 2 heteroatoms. The van der Waals surface area contributed by atoms with Gasteiger partial charge in [-0.2, -0.15) is 0 Å². The summed E-state index contributed by atoms with van der Waals surface area (Å²) in [4.78, 5) is 13.6. The van der Waals surface area contributed by atoms with Crippen LogP contribution in [0.15, 0.2) is 41.8 Å². The second kappa shape index (κ2) is 5.34. The highest BCUT2D eigenvalue weighted by Crippen LogP contribution is 2.09. The molecule has 0 bridgehead atoms. The lowest BCUT2D eigenvalue weighted by atomic mass is 10.1. The van der Waals surface area contributed by atoms with E-state index in [1.54, 1.807) is 18.1 Å². The second-order valence-corrected chi connectivity index (χ2v) is 4.00. The standard InChI is InChI=1S/C14H17NO/c1-11(2)9-10-15(4)14(16)13-8-6-5-7-12(13)3/h5-8,10H,1-4H3. The minimum atomic E-state index is -0.00755. The van der Waals surface area contributed by atoms with Crippen LogP contribution >= 0.6 is 0 Å². The first-order valence-corrected chi connectivity index (χ1v) is 5.25. The number of aryl methyl sites for hydroxylation is 1. The fourth-order valence-electron chi connectivity index (χ4n) is 1.29. The van der Waals surface area contributed by atoms with Crippen LogP contribution in [0.5, 0.6) is 0 Å². The Hall–Kier alpha value is -1.79. The van der Waals surface area contributed by atoms with Gasteiger partial charge in [0.05, 0.1) is 0 Å². The van der Waals surface area contributed by atoms with Crippen molar-refractivity contribution >= 4 is 5.91 Å². The minimum Gasteiger partial charge on any atom is -0.311 e. The predicted octanol–water partition coefficient (Wildman–Crippen LogP) is 3.15. The molecule has 1 rings (SSSR count). The van der Waals surface area contributed by atoms with Crippen molar-refractivity contribution in [3.05, 3.63) is 52.9 Å². The lowest BCUT2D eigenvalue weighted by Gasteiger charge is -2.12. The maximum atomic E-state index is 12.0. The molecule has 1 aromatic rings. The Morgan fingerprint density at radius 3 is 2.50 bits per heavy atom. The van der Waals surface area contributed by atoms with E-state index in [4.69, 9.17) is 0 Å². The van der Waals surface area contributed by atoms with Gasteiger partial charge in [-0.05, 0) is 38.0 Å². The number of carbonyl (C=O) groups excluding carboxylic acids is 1. The van der Waals surface area contributed by atoms with E-state index >= 15 is 0 Å². The SMILES string of the molecule is CC(C)=C=CN(C)C(=O)c1ccccc1C. The van der Waals surface area contributed by atoms with E-state index in [0.29, 0.717) is 0 Å². The molecule has 0 aliphatic carbocycles. The number of hydrogen-bond donors (Lipinski definition) is 0. The Bertz CT molecular complexity index is 450. The van der Waals surface area contributed by atoms with Crippen LogP contribution in [-0.4, -0.2) is 17.9 Å². The average molecular weight is 215 g/mol. The Labute approximate surface area is 96.9 Å². The van der Waals surface area contributed by atoms with Crippen LogP contribution in [0.3, 0.4) is 0 Å². The first-order valence-electron chi connectivity index (χ1n) is 5.25. The van der Waals surface area contributed by atoms with Crippen molar-refractivity contribution in [1.29, 1.82) is 0 Å². The zero-order valence-corrected chi connectivity index (χ0v) is 10.2. The highest BCUT2D eigenvalue weighted by atomic mass is 16.2. The molecule has 2 nitrogen and oxygen atoms in total. The van der Waals surface area contributed by atoms with Gasteiger partial charge >= 0.3 is 0 Å². The molecule has 0 saturated carbocycles. The largest absolute Gasteiger partial charge is 0.311 e. The lowest BCUT2D eigenvalue weighted by Crippen LogP contribution is -2.21. The molecule has 16 heavy (non-hydrogen) atoms. The van der Waals surface area contributed by atoms with Crippen LogP contribution < -0.4 is 0 Å². The summed E-state index contributed by atoms with van der Waals surface area (Å²) in [6, 6.07) is 7.58. The normalized spacial score (nSPS) is 9.25. The summed E-state index contributed by atoms with van der Waals surface area (Å²) in [5.74, 6) is -0.00755. The molecule has 0 N–H and O–H groups in total. The van der Waals surface area contributed by atoms with Crippen molar-refractivity contribution in [3.8, 4) is 0 Å². The van der Waals surface area contributed by atoms with Crippen molar-refractivity contribution < 1.29 is 4.79 Å². The Morgan fingerprint density at radius 1 is 1.31 bits per heavy atom. The van der Waals surface area contributed by atoms with Gasteiger partial charge in [-0.25, -0.2) is 0 Å². The zero-order chi connectivity index (χ0) is 12.1. The summed E-state index contributed by atoms with van der Waals surface area (Å²) in [6.45, 7) is 5.83. The summed E-state index contributed by atoms with van der Waals surface area (Å²) in [5.41, 5.74) is 5.78. The van der Waals surface area contributed by atoms with E-state index in [9.17, 15) is 4.79 Å². The van der Waals surface area contributed by atoms with Crippen LogP contribution in [0.4, 0.5) is 0 Å². The van der Waals surface area contributed by atoms with E-state index in [0.717, 1.165) is 16.7 Å². The molecule has 1 aromatic carbocycles. The molecule has 0 fully saturated rings. The van der Waals surface area contributed by atoms with Gasteiger partial charge in [0.15, 0.2) is 0 Å². The highest BCUT2D eigenvalue weighted by Gasteiger charge is 2.10. The highest BCUT2D eigenvalue weighted by molar-refractivity contribution is 5.96. The van der Waals surface area contributed by atoms with Crippen molar-refractivity contribution in [2.24, 2.45) is 0 Å². The average Bonchev–Trinajstić information content (AvgIpc) is 2.25. The van der Waals surface area contributed by atoms with Crippen LogP contribution in [0.25, 0.3) is 0 Å². The topological polar surface area (TPSA) is 20.3 Å². The summed E-state index contributed by atoms with van der Waals surface area (Å²) >= 11 is 0. The lowest BCUT2D eigenvalue weighted by molar-refractivity contribution is 0.0849. The number of nitrogens with zero attached hydrogens (tertiary/aromatic N) is 1. The molecule has 84 valence electrons. The fraction of sp³-hybridized carbons (Fsp3) is 0.286. The first kappa shape index (κ1) is 12.3. The Balaban J connectivity index is 2.96. The van der Waals surface area contributed by atoms with Crippen LogP contribution in [0.2, 0.25) is 0 Å². The van der Waals surface area contributed by atoms with Crippen molar-refractivity contribution in [2.45, 2.75) is 20.8 Å². The van der Waals surface area contributed by atoms with E-state index in [1.165, 1.54) is 0 Å². The number of allylic oxidation sites excluding steroid dienone is 1. The van der Waals surface area contributed by atoms with Crippen LogP contribution in [-0.2, 0) is 0 Å². The molecular formula is C14H17NO. The van der Waals surface area contributed by atoms with Gasteiger partial charge in [0.25, 0.3) is 5.91 Å². The summed E-state index contributed by atoms with van der Waals surface area (Å²) in [5, 5.41) is 0. The smallest absolute Gasteiger partial charge is 0.258 e. The van der Waals surface area contributed by atoms with Crippen LogP contribution in [0.1, 0.15) is 29.8 Å². The Kier molecular flexibility index (Phi) is 4.10. The van der Waals surface area contributed by atoms with Gasteiger partial charge in [0.2, 0.25) is 0 Å². The molecule has 0 saturated heterocycles. The van der Waals surface area contributed by atoms with Gasteiger partial charge in [-0.3, -0.25) is 4.79 Å². The quantitative estimate of drug-likeness (QED) is 0.694. The van der Waals surface area contributed by atoms with Gasteiger partial charge in [0, 0.05) is 18.8 Å². The van der Waals surface area contributed by atoms with Crippen LogP contribution in [0, 0.1) is 6.92 Å². The molecule has 1 amide bonds. The van der Waals surface area contributed by atoms with Gasteiger partial charge < -0.3 is 4.90 Å². The zero-order valence-electron chi connectivity index (χ0n) is 10.2. The molecule has 0 spiro atoms. The predicted molar refractivity (Wildman–Crippen MR) is 66.2 cm³/mol. The van der Waals surface area contributed by atoms with Crippen molar-refractivity contribution in [3.63, 3.8) is 0 Å². The third-order valence-electron chi connectivity index (χ3n) is 2.24. The third kappa shape index (κ3) is 3.11. The molecule has 0 atom stereocenters. The maximum Gasteiger partial charge on any atom is 0.258 e. The number of benzene rings is 1. The second-order valence-electron chi connectivity index (χ2n) is 4.00. The summed E-state index contributed by atoms with van der Waals surface area (Å²) < 4.78 is 0. The van der Waals surface area contributed by atoms with Gasteiger partial charge in [0.1, 0.15) is 0 Å². The molecule has 0 unspecified atom stereocenters. The molecule has 0 aliphatic rings. The number of rotatable bonds is 2. The molecule has 0 heterocycles. The monoisotopic (exact) mass is 215 g/mol.